The van der Waals surface area contributed by atoms with Gasteiger partial charge in [-0.1, -0.05) is 19.8 Å². The highest BCUT2D eigenvalue weighted by Gasteiger charge is 2.40. The Bertz CT molecular complexity index is 627. The second-order valence-electron chi connectivity index (χ2n) is 4.54. The monoisotopic (exact) mass is 299 g/mol. The van der Waals surface area contributed by atoms with Gasteiger partial charge in [0.25, 0.3) is 15.9 Å². The summed E-state index contributed by atoms with van der Waals surface area (Å²) < 4.78 is 25.4. The van der Waals surface area contributed by atoms with Gasteiger partial charge in [-0.2, -0.15) is 0 Å². The molecule has 0 radical (unpaired) electrons. The molecule has 2 rings (SSSR count). The van der Waals surface area contributed by atoms with Crippen LogP contribution in [0.25, 0.3) is 0 Å². The van der Waals surface area contributed by atoms with Crippen LogP contribution in [0.3, 0.4) is 0 Å². The lowest BCUT2D eigenvalue weighted by molar-refractivity contribution is 0.0869. The lowest BCUT2D eigenvalue weighted by atomic mass is 10.2. The maximum atomic E-state index is 12.3. The van der Waals surface area contributed by atoms with Crippen LogP contribution in [0.2, 0.25) is 0 Å². The highest BCUT2D eigenvalue weighted by Crippen LogP contribution is 2.33. The van der Waals surface area contributed by atoms with Crippen molar-refractivity contribution in [3.8, 4) is 0 Å². The summed E-state index contributed by atoms with van der Waals surface area (Å²) in [5.74, 6) is -0.585. The summed E-state index contributed by atoms with van der Waals surface area (Å²) in [4.78, 5) is 11.9. The molecule has 0 atom stereocenters. The van der Waals surface area contributed by atoms with Gasteiger partial charge in [-0.25, -0.2) is 12.7 Å². The first-order valence-electron chi connectivity index (χ1n) is 6.27. The van der Waals surface area contributed by atoms with Crippen LogP contribution in [0, 0.1) is 5.21 Å². The molecule has 7 nitrogen and oxygen atoms in total. The van der Waals surface area contributed by atoms with Crippen LogP contribution in [0.1, 0.15) is 36.5 Å². The topological polar surface area (TPSA) is 101 Å². The van der Waals surface area contributed by atoms with Crippen LogP contribution in [0.15, 0.2) is 23.1 Å². The maximum Gasteiger partial charge on any atom is 0.269 e. The van der Waals surface area contributed by atoms with Crippen LogP contribution in [-0.4, -0.2) is 30.4 Å². The minimum atomic E-state index is -3.92. The van der Waals surface area contributed by atoms with Gasteiger partial charge in [0.05, 0.1) is 11.3 Å². The van der Waals surface area contributed by atoms with Crippen molar-refractivity contribution in [3.63, 3.8) is 0 Å². The normalized spacial score (nSPS) is 16.4. The molecule has 1 amide bonds. The molecule has 0 aliphatic carbocycles. The number of benzene rings is 1. The van der Waals surface area contributed by atoms with Gasteiger partial charge in [-0.3, -0.25) is 10.0 Å². The van der Waals surface area contributed by atoms with Gasteiger partial charge in [0.15, 0.2) is 0 Å². The van der Waals surface area contributed by atoms with E-state index in [2.05, 4.69) is 0 Å². The van der Waals surface area contributed by atoms with E-state index in [4.69, 9.17) is 5.21 Å². The second-order valence-corrected chi connectivity index (χ2v) is 6.37. The third kappa shape index (κ3) is 2.37. The minimum absolute atomic E-state index is 0.0344. The van der Waals surface area contributed by atoms with Crippen LogP contribution < -0.4 is 5.23 Å². The van der Waals surface area contributed by atoms with Crippen LogP contribution in [0.4, 0.5) is 5.69 Å². The summed E-state index contributed by atoms with van der Waals surface area (Å²) in [5, 5.41) is 19.2. The first-order valence-corrected chi connectivity index (χ1v) is 7.71. The Hall–Kier alpha value is -1.64. The molecule has 0 aromatic heterocycles. The van der Waals surface area contributed by atoms with Gasteiger partial charge in [0.1, 0.15) is 4.90 Å². The van der Waals surface area contributed by atoms with E-state index < -0.39 is 21.2 Å². The first kappa shape index (κ1) is 14.8. The zero-order valence-corrected chi connectivity index (χ0v) is 11.8. The van der Waals surface area contributed by atoms with Crippen LogP contribution >= 0.6 is 0 Å². The summed E-state index contributed by atoms with van der Waals surface area (Å²) in [6.07, 6.45) is 2.33. The fourth-order valence-corrected chi connectivity index (χ4v) is 3.74. The molecule has 1 N–H and O–H groups in total. The van der Waals surface area contributed by atoms with Crippen LogP contribution in [-0.2, 0) is 10.0 Å². The number of nitrogens with zero attached hydrogens (tertiary/aromatic N) is 2. The van der Waals surface area contributed by atoms with Crippen molar-refractivity contribution in [2.24, 2.45) is 0 Å². The first-order chi connectivity index (χ1) is 9.39. The van der Waals surface area contributed by atoms with E-state index in [1.807, 2.05) is 6.92 Å². The Morgan fingerprint density at radius 2 is 2.05 bits per heavy atom. The van der Waals surface area contributed by atoms with Gasteiger partial charge in [0, 0.05) is 6.54 Å². The predicted octanol–water partition coefficient (Wildman–Crippen LogP) is 1.71. The molecular formula is C12H15N2O5S-. The Kier molecular flexibility index (Phi) is 3.98. The van der Waals surface area contributed by atoms with Gasteiger partial charge >= 0.3 is 0 Å². The SMILES string of the molecule is CCCCCN1C(=O)c2ccc(N([O-])O)cc2S1(=O)=O. The minimum Gasteiger partial charge on any atom is -0.733 e. The van der Waals surface area contributed by atoms with Crippen molar-refractivity contribution in [3.05, 3.63) is 29.0 Å². The molecular weight excluding hydrogens is 284 g/mol. The molecule has 8 heteroatoms. The third-order valence-corrected chi connectivity index (χ3v) is 5.00. The van der Waals surface area contributed by atoms with E-state index >= 15 is 0 Å². The summed E-state index contributed by atoms with van der Waals surface area (Å²) >= 11 is 0. The number of sulfonamides is 1. The van der Waals surface area contributed by atoms with Gasteiger partial charge < -0.3 is 10.4 Å². The smallest absolute Gasteiger partial charge is 0.269 e. The number of hydrogen-bond acceptors (Lipinski definition) is 6. The number of unbranched alkanes of at least 4 members (excludes halogenated alkanes) is 2. The molecule has 0 bridgehead atoms. The zero-order chi connectivity index (χ0) is 14.9. The quantitative estimate of drug-likeness (QED) is 0.656. The number of amides is 1. The molecule has 1 aromatic rings. The van der Waals surface area contributed by atoms with Crippen molar-refractivity contribution in [2.45, 2.75) is 31.1 Å². The molecule has 1 aromatic carbocycles. The number of rotatable bonds is 5. The summed E-state index contributed by atoms with van der Waals surface area (Å²) in [6, 6.07) is 3.45. The Balaban J connectivity index is 2.38. The fraction of sp³-hybridized carbons (Fsp3) is 0.417. The lowest BCUT2D eigenvalue weighted by Crippen LogP contribution is -2.30. The number of carbonyl (C=O) groups is 1. The predicted molar refractivity (Wildman–Crippen MR) is 71.8 cm³/mol. The third-order valence-electron chi connectivity index (χ3n) is 3.18. The Labute approximate surface area is 117 Å². The van der Waals surface area contributed by atoms with E-state index in [1.54, 1.807) is 0 Å². The molecule has 1 heterocycles. The summed E-state index contributed by atoms with van der Waals surface area (Å²) in [6.45, 7) is 2.10. The largest absolute Gasteiger partial charge is 0.733 e. The highest BCUT2D eigenvalue weighted by atomic mass is 32.2. The fourth-order valence-electron chi connectivity index (χ4n) is 2.11. The highest BCUT2D eigenvalue weighted by molar-refractivity contribution is 7.90. The van der Waals surface area contributed by atoms with Crippen molar-refractivity contribution >= 4 is 21.6 Å². The second kappa shape index (κ2) is 5.39. The molecule has 1 aliphatic heterocycles. The van der Waals surface area contributed by atoms with Gasteiger partial charge in [0.2, 0.25) is 0 Å². The van der Waals surface area contributed by atoms with Crippen molar-refractivity contribution in [1.29, 1.82) is 0 Å². The van der Waals surface area contributed by atoms with Crippen molar-refractivity contribution in [1.82, 2.24) is 4.31 Å². The van der Waals surface area contributed by atoms with E-state index in [0.717, 1.165) is 23.2 Å². The molecule has 0 saturated carbocycles. The van der Waals surface area contributed by atoms with E-state index in [1.165, 1.54) is 12.1 Å². The molecule has 110 valence electrons. The van der Waals surface area contributed by atoms with E-state index in [9.17, 15) is 18.4 Å². The lowest BCUT2D eigenvalue weighted by Gasteiger charge is -2.21. The summed E-state index contributed by atoms with van der Waals surface area (Å²) in [7, 11) is -3.92. The molecule has 0 spiro atoms. The number of carbonyl (C=O) groups excluding carboxylic acids is 1. The van der Waals surface area contributed by atoms with Crippen LogP contribution in [0.5, 0.6) is 0 Å². The maximum absolute atomic E-state index is 12.3. The van der Waals surface area contributed by atoms with Gasteiger partial charge in [-0.05, 0) is 24.6 Å². The van der Waals surface area contributed by atoms with Crippen molar-refractivity contribution in [2.75, 3.05) is 11.8 Å². The number of fused-ring (bicyclic) bond motifs is 1. The van der Waals surface area contributed by atoms with E-state index in [0.29, 0.717) is 6.42 Å². The van der Waals surface area contributed by atoms with E-state index in [-0.39, 0.29) is 22.7 Å². The average Bonchev–Trinajstić information content (AvgIpc) is 2.59. The molecule has 0 unspecified atom stereocenters. The van der Waals surface area contributed by atoms with Crippen molar-refractivity contribution < 1.29 is 18.4 Å². The molecule has 20 heavy (non-hydrogen) atoms. The zero-order valence-electron chi connectivity index (χ0n) is 10.9. The molecule has 1 aliphatic rings. The number of anilines is 1. The standard InChI is InChI=1S/C12H15N2O5S/c1-2-3-4-7-13-12(15)10-6-5-9(14(16)17)8-11(10)20(13,18)19/h5-6,8,16H,2-4,7H2,1H3/q-1. The average molecular weight is 299 g/mol. The Morgan fingerprint density at radius 1 is 1.35 bits per heavy atom. The Morgan fingerprint density at radius 3 is 2.65 bits per heavy atom. The molecule has 0 saturated heterocycles. The summed E-state index contributed by atoms with van der Waals surface area (Å²) in [5.41, 5.74) is -0.192. The molecule has 0 fully saturated rings. The number of hydrogen-bond donors (Lipinski definition) is 1. The van der Waals surface area contributed by atoms with Gasteiger partial charge in [-0.15, -0.1) is 0 Å².